The highest BCUT2D eigenvalue weighted by Gasteiger charge is 2.31. The largest absolute Gasteiger partial charge is 0.299 e. The molecule has 0 bridgehead atoms. The molecule has 0 amide bonds. The molecule has 0 radical (unpaired) electrons. The Morgan fingerprint density at radius 1 is 1.29 bits per heavy atom. The third kappa shape index (κ3) is 4.78. The van der Waals surface area contributed by atoms with Crippen molar-refractivity contribution >= 4 is 15.6 Å². The molecule has 100 valence electrons. The molecule has 0 aromatic carbocycles. The standard InChI is InChI=1S/C13H24O3S/c1-10(2)7-8-13(14)11-5-4-6-12(9-11)17(3,15)16/h10-12H,4-9H2,1-3H3. The van der Waals surface area contributed by atoms with Crippen molar-refractivity contribution in [3.05, 3.63) is 0 Å². The van der Waals surface area contributed by atoms with Crippen LogP contribution in [0.4, 0.5) is 0 Å². The Labute approximate surface area is 105 Å². The molecule has 0 N–H and O–H groups in total. The summed E-state index contributed by atoms with van der Waals surface area (Å²) in [7, 11) is -2.98. The molecule has 4 heteroatoms. The lowest BCUT2D eigenvalue weighted by Gasteiger charge is -2.27. The molecule has 0 spiro atoms. The van der Waals surface area contributed by atoms with Gasteiger partial charge >= 0.3 is 0 Å². The van der Waals surface area contributed by atoms with Gasteiger partial charge in [-0.15, -0.1) is 0 Å². The smallest absolute Gasteiger partial charge is 0.150 e. The van der Waals surface area contributed by atoms with Gasteiger partial charge in [0.15, 0.2) is 0 Å². The Bertz CT molecular complexity index is 357. The van der Waals surface area contributed by atoms with Gasteiger partial charge in [0, 0.05) is 18.6 Å². The van der Waals surface area contributed by atoms with Gasteiger partial charge in [0.25, 0.3) is 0 Å². The van der Waals surface area contributed by atoms with Gasteiger partial charge in [-0.3, -0.25) is 4.79 Å². The quantitative estimate of drug-likeness (QED) is 0.763. The Balaban J connectivity index is 2.52. The van der Waals surface area contributed by atoms with Gasteiger partial charge in [-0.25, -0.2) is 8.42 Å². The molecule has 1 saturated carbocycles. The fraction of sp³-hybridized carbons (Fsp3) is 0.923. The van der Waals surface area contributed by atoms with E-state index in [1.807, 2.05) is 0 Å². The maximum Gasteiger partial charge on any atom is 0.150 e. The molecule has 0 saturated heterocycles. The van der Waals surface area contributed by atoms with Gasteiger partial charge in [0.2, 0.25) is 0 Å². The second-order valence-corrected chi connectivity index (χ2v) is 8.04. The second-order valence-electron chi connectivity index (χ2n) is 5.71. The van der Waals surface area contributed by atoms with Crippen LogP contribution in [0, 0.1) is 11.8 Å². The monoisotopic (exact) mass is 260 g/mol. The van der Waals surface area contributed by atoms with Gasteiger partial charge < -0.3 is 0 Å². The Morgan fingerprint density at radius 2 is 1.94 bits per heavy atom. The van der Waals surface area contributed by atoms with Crippen LogP contribution in [0.5, 0.6) is 0 Å². The van der Waals surface area contributed by atoms with Crippen molar-refractivity contribution in [2.75, 3.05) is 6.26 Å². The van der Waals surface area contributed by atoms with Crippen molar-refractivity contribution in [2.45, 2.75) is 57.6 Å². The van der Waals surface area contributed by atoms with E-state index < -0.39 is 9.84 Å². The van der Waals surface area contributed by atoms with Crippen molar-refractivity contribution in [3.63, 3.8) is 0 Å². The molecule has 0 heterocycles. The molecule has 0 aliphatic heterocycles. The lowest BCUT2D eigenvalue weighted by atomic mass is 9.84. The van der Waals surface area contributed by atoms with Gasteiger partial charge in [0.1, 0.15) is 15.6 Å². The van der Waals surface area contributed by atoms with Gasteiger partial charge in [0.05, 0.1) is 5.25 Å². The molecular formula is C13H24O3S. The van der Waals surface area contributed by atoms with E-state index in [1.54, 1.807) is 0 Å². The summed E-state index contributed by atoms with van der Waals surface area (Å²) in [6.07, 6.45) is 5.84. The predicted octanol–water partition coefficient (Wildman–Crippen LogP) is 2.60. The highest BCUT2D eigenvalue weighted by molar-refractivity contribution is 7.91. The first kappa shape index (κ1) is 14.7. The minimum atomic E-state index is -2.98. The SMILES string of the molecule is CC(C)CCC(=O)C1CCCC(S(C)(=O)=O)C1. The van der Waals surface area contributed by atoms with Gasteiger partial charge in [-0.1, -0.05) is 20.3 Å². The zero-order valence-electron chi connectivity index (χ0n) is 11.1. The third-order valence-corrected chi connectivity index (χ3v) is 5.29. The number of hydrogen-bond donors (Lipinski definition) is 0. The number of carbonyl (C=O) groups is 1. The summed E-state index contributed by atoms with van der Waals surface area (Å²) in [5.74, 6) is 0.794. The molecule has 3 nitrogen and oxygen atoms in total. The van der Waals surface area contributed by atoms with Crippen LogP contribution in [0.15, 0.2) is 0 Å². The van der Waals surface area contributed by atoms with Crippen molar-refractivity contribution in [3.8, 4) is 0 Å². The summed E-state index contributed by atoms with van der Waals surface area (Å²) in [4.78, 5) is 12.0. The van der Waals surface area contributed by atoms with Crippen LogP contribution in [-0.4, -0.2) is 25.7 Å². The highest BCUT2D eigenvalue weighted by Crippen LogP contribution is 2.30. The van der Waals surface area contributed by atoms with E-state index in [0.29, 0.717) is 18.8 Å². The molecule has 0 aromatic rings. The maximum absolute atomic E-state index is 12.0. The summed E-state index contributed by atoms with van der Waals surface area (Å²) < 4.78 is 23.0. The number of carbonyl (C=O) groups excluding carboxylic acids is 1. The number of sulfone groups is 1. The predicted molar refractivity (Wildman–Crippen MR) is 69.7 cm³/mol. The average molecular weight is 260 g/mol. The zero-order chi connectivity index (χ0) is 13.1. The van der Waals surface area contributed by atoms with Crippen LogP contribution < -0.4 is 0 Å². The van der Waals surface area contributed by atoms with E-state index in [2.05, 4.69) is 13.8 Å². The first-order chi connectivity index (χ1) is 7.80. The fourth-order valence-electron chi connectivity index (χ4n) is 2.46. The minimum Gasteiger partial charge on any atom is -0.299 e. The maximum atomic E-state index is 12.0. The van der Waals surface area contributed by atoms with Crippen molar-refractivity contribution in [1.29, 1.82) is 0 Å². The summed E-state index contributed by atoms with van der Waals surface area (Å²) in [6, 6.07) is 0. The van der Waals surface area contributed by atoms with E-state index in [4.69, 9.17) is 0 Å². The van der Waals surface area contributed by atoms with Crippen LogP contribution in [0.3, 0.4) is 0 Å². The number of rotatable bonds is 5. The summed E-state index contributed by atoms with van der Waals surface area (Å²) in [5, 5.41) is -0.288. The van der Waals surface area contributed by atoms with Gasteiger partial charge in [-0.05, 0) is 31.6 Å². The molecule has 1 aliphatic rings. The normalized spacial score (nSPS) is 26.1. The number of Topliss-reactive ketones (excluding diaryl/α,β-unsaturated/α-hetero) is 1. The number of hydrogen-bond acceptors (Lipinski definition) is 3. The molecule has 1 fully saturated rings. The summed E-state index contributed by atoms with van der Waals surface area (Å²) in [6.45, 7) is 4.21. The molecule has 17 heavy (non-hydrogen) atoms. The second kappa shape index (κ2) is 5.98. The molecule has 0 aromatic heterocycles. The molecule has 1 rings (SSSR count). The molecule has 1 aliphatic carbocycles. The van der Waals surface area contributed by atoms with Gasteiger partial charge in [-0.2, -0.15) is 0 Å². The Kier molecular flexibility index (Phi) is 5.17. The van der Waals surface area contributed by atoms with Crippen molar-refractivity contribution in [2.24, 2.45) is 11.8 Å². The minimum absolute atomic E-state index is 0.0118. The van der Waals surface area contributed by atoms with Crippen LogP contribution in [0.1, 0.15) is 52.4 Å². The fourth-order valence-corrected chi connectivity index (χ4v) is 3.64. The van der Waals surface area contributed by atoms with E-state index in [9.17, 15) is 13.2 Å². The van der Waals surface area contributed by atoms with Crippen LogP contribution in [0.25, 0.3) is 0 Å². The third-order valence-electron chi connectivity index (χ3n) is 3.66. The lowest BCUT2D eigenvalue weighted by Crippen LogP contribution is -2.31. The zero-order valence-corrected chi connectivity index (χ0v) is 11.9. The Hall–Kier alpha value is -0.380. The first-order valence-electron chi connectivity index (χ1n) is 6.52. The van der Waals surface area contributed by atoms with Crippen LogP contribution in [0.2, 0.25) is 0 Å². The van der Waals surface area contributed by atoms with E-state index >= 15 is 0 Å². The summed E-state index contributed by atoms with van der Waals surface area (Å²) >= 11 is 0. The number of ketones is 1. The first-order valence-corrected chi connectivity index (χ1v) is 8.47. The molecular weight excluding hydrogens is 236 g/mol. The Morgan fingerprint density at radius 3 is 2.47 bits per heavy atom. The van der Waals surface area contributed by atoms with Crippen LogP contribution >= 0.6 is 0 Å². The molecule has 2 unspecified atom stereocenters. The summed E-state index contributed by atoms with van der Waals surface area (Å²) in [5.41, 5.74) is 0. The lowest BCUT2D eigenvalue weighted by molar-refractivity contribution is -0.124. The van der Waals surface area contributed by atoms with E-state index in [0.717, 1.165) is 25.7 Å². The van der Waals surface area contributed by atoms with Crippen molar-refractivity contribution < 1.29 is 13.2 Å². The van der Waals surface area contributed by atoms with Crippen molar-refractivity contribution in [1.82, 2.24) is 0 Å². The van der Waals surface area contributed by atoms with E-state index in [-0.39, 0.29) is 17.0 Å². The van der Waals surface area contributed by atoms with E-state index in [1.165, 1.54) is 6.26 Å². The molecule has 2 atom stereocenters. The highest BCUT2D eigenvalue weighted by atomic mass is 32.2. The topological polar surface area (TPSA) is 51.2 Å². The van der Waals surface area contributed by atoms with Crippen LogP contribution in [-0.2, 0) is 14.6 Å². The average Bonchev–Trinajstić information content (AvgIpc) is 2.25.